The molecule has 2 unspecified atom stereocenters. The number of nitrogens with zero attached hydrogens (tertiary/aromatic N) is 1. The second-order valence-electron chi connectivity index (χ2n) is 5.84. The van der Waals surface area contributed by atoms with Gasteiger partial charge in [0, 0.05) is 12.1 Å². The van der Waals surface area contributed by atoms with Gasteiger partial charge in [-0.15, -0.1) is 0 Å². The van der Waals surface area contributed by atoms with E-state index in [9.17, 15) is 13.5 Å². The number of aliphatic hydroxyl groups is 1. The van der Waals surface area contributed by atoms with E-state index < -0.39 is 10.0 Å². The predicted octanol–water partition coefficient (Wildman–Crippen LogP) is 1.93. The lowest BCUT2D eigenvalue weighted by Gasteiger charge is -2.36. The summed E-state index contributed by atoms with van der Waals surface area (Å²) in [4.78, 5) is 0.378. The number of benzene rings is 1. The summed E-state index contributed by atoms with van der Waals surface area (Å²) in [6.45, 7) is 2.05. The molecule has 0 amide bonds. The summed E-state index contributed by atoms with van der Waals surface area (Å²) in [6, 6.07) is 7.12. The van der Waals surface area contributed by atoms with Gasteiger partial charge in [-0.2, -0.15) is 4.31 Å². The van der Waals surface area contributed by atoms with E-state index in [2.05, 4.69) is 6.92 Å². The summed E-state index contributed by atoms with van der Waals surface area (Å²) in [6.07, 6.45) is 3.44. The maximum absolute atomic E-state index is 12.8. The second-order valence-corrected chi connectivity index (χ2v) is 7.69. The Morgan fingerprint density at radius 1 is 1.15 bits per heavy atom. The van der Waals surface area contributed by atoms with Crippen LogP contribution in [0, 0.1) is 0 Å². The highest BCUT2D eigenvalue weighted by atomic mass is 32.2. The molecule has 0 radical (unpaired) electrons. The number of hydrogen-bond acceptors (Lipinski definition) is 3. The predicted molar refractivity (Wildman–Crippen MR) is 76.9 cm³/mol. The fourth-order valence-corrected chi connectivity index (χ4v) is 5.41. The normalized spacial score (nSPS) is 30.6. The average Bonchev–Trinajstić information content (AvgIpc) is 2.72. The maximum Gasteiger partial charge on any atom is 0.243 e. The van der Waals surface area contributed by atoms with Gasteiger partial charge < -0.3 is 5.11 Å². The SMILES string of the molecule is CCc1ccc(S(=O)(=O)N2C3CCC2CC(O)C3)cc1. The first-order valence-electron chi connectivity index (χ1n) is 7.33. The molecule has 3 rings (SSSR count). The van der Waals surface area contributed by atoms with E-state index in [4.69, 9.17) is 0 Å². The maximum atomic E-state index is 12.8. The molecule has 1 aromatic carbocycles. The van der Waals surface area contributed by atoms with Gasteiger partial charge >= 0.3 is 0 Å². The number of aryl methyl sites for hydroxylation is 1. The van der Waals surface area contributed by atoms with Gasteiger partial charge in [-0.1, -0.05) is 19.1 Å². The van der Waals surface area contributed by atoms with Crippen molar-refractivity contribution < 1.29 is 13.5 Å². The van der Waals surface area contributed by atoms with Crippen molar-refractivity contribution in [3.8, 4) is 0 Å². The zero-order valence-corrected chi connectivity index (χ0v) is 12.5. The Balaban J connectivity index is 1.92. The number of aliphatic hydroxyl groups excluding tert-OH is 1. The molecule has 2 fully saturated rings. The van der Waals surface area contributed by atoms with Crippen molar-refractivity contribution in [2.45, 2.75) is 62.1 Å². The van der Waals surface area contributed by atoms with E-state index in [0.717, 1.165) is 24.8 Å². The molecule has 2 bridgehead atoms. The minimum absolute atomic E-state index is 0.0281. The monoisotopic (exact) mass is 295 g/mol. The van der Waals surface area contributed by atoms with Gasteiger partial charge in [0.2, 0.25) is 10.0 Å². The number of hydrogen-bond donors (Lipinski definition) is 1. The number of piperidine rings is 1. The van der Waals surface area contributed by atoms with Crippen LogP contribution < -0.4 is 0 Å². The van der Waals surface area contributed by atoms with E-state index in [1.807, 2.05) is 12.1 Å². The highest BCUT2D eigenvalue weighted by molar-refractivity contribution is 7.89. The zero-order valence-electron chi connectivity index (χ0n) is 11.7. The minimum Gasteiger partial charge on any atom is -0.393 e. The van der Waals surface area contributed by atoms with E-state index >= 15 is 0 Å². The largest absolute Gasteiger partial charge is 0.393 e. The van der Waals surface area contributed by atoms with Crippen LogP contribution in [0.25, 0.3) is 0 Å². The molecule has 0 spiro atoms. The highest BCUT2D eigenvalue weighted by Crippen LogP contribution is 2.39. The number of sulfonamides is 1. The molecular formula is C15H21NO3S. The summed E-state index contributed by atoms with van der Waals surface area (Å²) >= 11 is 0. The van der Waals surface area contributed by atoms with E-state index in [-0.39, 0.29) is 18.2 Å². The molecule has 0 aromatic heterocycles. The highest BCUT2D eigenvalue weighted by Gasteiger charge is 2.46. The summed E-state index contributed by atoms with van der Waals surface area (Å²) < 4.78 is 27.3. The Labute approximate surface area is 120 Å². The molecule has 2 atom stereocenters. The molecule has 0 saturated carbocycles. The summed E-state index contributed by atoms with van der Waals surface area (Å²) in [5.41, 5.74) is 1.14. The number of fused-ring (bicyclic) bond motifs is 2. The Hall–Kier alpha value is -0.910. The molecule has 1 N–H and O–H groups in total. The molecule has 2 saturated heterocycles. The van der Waals surface area contributed by atoms with Gasteiger partial charge in [0.1, 0.15) is 0 Å². The van der Waals surface area contributed by atoms with Crippen molar-refractivity contribution in [3.05, 3.63) is 29.8 Å². The Morgan fingerprint density at radius 2 is 1.70 bits per heavy atom. The Morgan fingerprint density at radius 3 is 2.20 bits per heavy atom. The third-order valence-corrected chi connectivity index (χ3v) is 6.57. The van der Waals surface area contributed by atoms with Gasteiger partial charge in [-0.05, 0) is 49.8 Å². The van der Waals surface area contributed by atoms with Crippen LogP contribution in [0.3, 0.4) is 0 Å². The molecule has 20 heavy (non-hydrogen) atoms. The van der Waals surface area contributed by atoms with Crippen molar-refractivity contribution in [2.24, 2.45) is 0 Å². The van der Waals surface area contributed by atoms with Gasteiger partial charge in [0.15, 0.2) is 0 Å². The Bertz CT molecular complexity index is 568. The van der Waals surface area contributed by atoms with Crippen LogP contribution in [-0.4, -0.2) is 36.0 Å². The fourth-order valence-electron chi connectivity index (χ4n) is 3.52. The van der Waals surface area contributed by atoms with Crippen LogP contribution in [0.15, 0.2) is 29.2 Å². The lowest BCUT2D eigenvalue weighted by Crippen LogP contribution is -2.47. The van der Waals surface area contributed by atoms with Crippen LogP contribution in [0.1, 0.15) is 38.2 Å². The third kappa shape index (κ3) is 2.28. The summed E-state index contributed by atoms with van der Waals surface area (Å²) in [5.74, 6) is 0. The van der Waals surface area contributed by atoms with Gasteiger partial charge in [-0.3, -0.25) is 0 Å². The van der Waals surface area contributed by atoms with Gasteiger partial charge in [0.25, 0.3) is 0 Å². The Kier molecular flexibility index (Phi) is 3.60. The second kappa shape index (κ2) is 5.13. The average molecular weight is 295 g/mol. The zero-order chi connectivity index (χ0) is 14.3. The molecule has 110 valence electrons. The lowest BCUT2D eigenvalue weighted by molar-refractivity contribution is 0.0769. The molecular weight excluding hydrogens is 274 g/mol. The molecule has 4 nitrogen and oxygen atoms in total. The first kappa shape index (κ1) is 14.0. The quantitative estimate of drug-likeness (QED) is 0.927. The summed E-state index contributed by atoms with van der Waals surface area (Å²) in [5, 5.41) is 9.79. The van der Waals surface area contributed by atoms with Crippen LogP contribution in [0.4, 0.5) is 0 Å². The van der Waals surface area contributed by atoms with Crippen molar-refractivity contribution in [3.63, 3.8) is 0 Å². The van der Waals surface area contributed by atoms with Crippen LogP contribution in [0.2, 0.25) is 0 Å². The van der Waals surface area contributed by atoms with Gasteiger partial charge in [0.05, 0.1) is 11.0 Å². The minimum atomic E-state index is -3.42. The fraction of sp³-hybridized carbons (Fsp3) is 0.600. The van der Waals surface area contributed by atoms with Crippen LogP contribution in [-0.2, 0) is 16.4 Å². The van der Waals surface area contributed by atoms with E-state index in [1.54, 1.807) is 16.4 Å². The van der Waals surface area contributed by atoms with Crippen LogP contribution >= 0.6 is 0 Å². The topological polar surface area (TPSA) is 57.6 Å². The van der Waals surface area contributed by atoms with Crippen LogP contribution in [0.5, 0.6) is 0 Å². The van der Waals surface area contributed by atoms with Crippen molar-refractivity contribution in [2.75, 3.05) is 0 Å². The van der Waals surface area contributed by atoms with Crippen molar-refractivity contribution in [1.82, 2.24) is 4.31 Å². The molecule has 2 aliphatic heterocycles. The summed E-state index contributed by atoms with van der Waals surface area (Å²) in [7, 11) is -3.42. The van der Waals surface area contributed by atoms with Gasteiger partial charge in [-0.25, -0.2) is 8.42 Å². The molecule has 0 aliphatic carbocycles. The standard InChI is InChI=1S/C15H21NO3S/c1-2-11-3-7-15(8-4-11)20(18,19)16-12-5-6-13(16)10-14(17)9-12/h3-4,7-8,12-14,17H,2,5-6,9-10H2,1H3. The molecule has 5 heteroatoms. The number of rotatable bonds is 3. The third-order valence-electron chi connectivity index (χ3n) is 4.55. The first-order chi connectivity index (χ1) is 9.52. The smallest absolute Gasteiger partial charge is 0.243 e. The molecule has 2 aliphatic rings. The molecule has 2 heterocycles. The van der Waals surface area contributed by atoms with Crippen molar-refractivity contribution in [1.29, 1.82) is 0 Å². The van der Waals surface area contributed by atoms with E-state index in [1.165, 1.54) is 0 Å². The lowest BCUT2D eigenvalue weighted by atomic mass is 10.0. The first-order valence-corrected chi connectivity index (χ1v) is 8.77. The molecule has 1 aromatic rings. The van der Waals surface area contributed by atoms with E-state index in [0.29, 0.717) is 17.7 Å². The van der Waals surface area contributed by atoms with Crippen molar-refractivity contribution >= 4 is 10.0 Å².